The summed E-state index contributed by atoms with van der Waals surface area (Å²) < 4.78 is 43.0. The number of piperazine rings is 1. The molecule has 0 amide bonds. The second-order valence-corrected chi connectivity index (χ2v) is 6.24. The summed E-state index contributed by atoms with van der Waals surface area (Å²) in [7, 11) is 0. The van der Waals surface area contributed by atoms with Crippen molar-refractivity contribution in [1.29, 1.82) is 0 Å². The van der Waals surface area contributed by atoms with Crippen LogP contribution < -0.4 is 10.1 Å². The lowest BCUT2D eigenvalue weighted by Crippen LogP contribution is -2.45. The second-order valence-electron chi connectivity index (χ2n) is 5.32. The van der Waals surface area contributed by atoms with Gasteiger partial charge in [-0.15, -0.1) is 25.6 Å². The summed E-state index contributed by atoms with van der Waals surface area (Å²) in [6.45, 7) is 5.39. The average molecular weight is 418 g/mol. The number of rotatable bonds is 5. The van der Waals surface area contributed by atoms with Crippen molar-refractivity contribution in [3.05, 3.63) is 28.2 Å². The Morgan fingerprint density at radius 2 is 1.96 bits per heavy atom. The fourth-order valence-electron chi connectivity index (χ4n) is 2.80. The first-order chi connectivity index (χ1) is 10.4. The Bertz CT molecular complexity index is 496. The number of benzene rings is 1. The fourth-order valence-corrected chi connectivity index (χ4v) is 3.18. The van der Waals surface area contributed by atoms with E-state index in [1.165, 1.54) is 6.07 Å². The van der Waals surface area contributed by atoms with Crippen molar-refractivity contribution in [2.24, 2.45) is 0 Å². The van der Waals surface area contributed by atoms with Crippen molar-refractivity contribution in [2.45, 2.75) is 32.2 Å². The molecule has 23 heavy (non-hydrogen) atoms. The topological polar surface area (TPSA) is 24.5 Å². The Morgan fingerprint density at radius 1 is 1.30 bits per heavy atom. The van der Waals surface area contributed by atoms with Crippen LogP contribution in [0.25, 0.3) is 0 Å². The van der Waals surface area contributed by atoms with Gasteiger partial charge < -0.3 is 10.1 Å². The molecule has 0 bridgehead atoms. The van der Waals surface area contributed by atoms with Crippen LogP contribution in [0.3, 0.4) is 0 Å². The lowest BCUT2D eigenvalue weighted by atomic mass is 9.99. The van der Waals surface area contributed by atoms with Crippen molar-refractivity contribution in [1.82, 2.24) is 10.2 Å². The second kappa shape index (κ2) is 9.11. The summed E-state index contributed by atoms with van der Waals surface area (Å²) in [5, 5.41) is 3.27. The van der Waals surface area contributed by atoms with Crippen LogP contribution in [0.4, 0.5) is 13.2 Å². The highest BCUT2D eigenvalue weighted by Gasteiger charge is 2.34. The van der Waals surface area contributed by atoms with Gasteiger partial charge in [-0.2, -0.15) is 0 Å². The molecule has 0 radical (unpaired) electrons. The molecule has 0 saturated carbocycles. The van der Waals surface area contributed by atoms with Crippen LogP contribution in [0, 0.1) is 0 Å². The molecular formula is C15H21BrClF3N2O. The van der Waals surface area contributed by atoms with E-state index in [1.54, 1.807) is 12.1 Å². The Balaban J connectivity index is 0.00000264. The van der Waals surface area contributed by atoms with Crippen molar-refractivity contribution < 1.29 is 17.9 Å². The van der Waals surface area contributed by atoms with E-state index in [0.717, 1.165) is 43.5 Å². The van der Waals surface area contributed by atoms with E-state index < -0.39 is 6.36 Å². The van der Waals surface area contributed by atoms with Gasteiger partial charge in [0.05, 0.1) is 0 Å². The monoisotopic (exact) mass is 416 g/mol. The largest absolute Gasteiger partial charge is 0.573 e. The first kappa shape index (κ1) is 20.5. The Hall–Kier alpha value is -0.500. The fraction of sp³-hybridized carbons (Fsp3) is 0.600. The predicted octanol–water partition coefficient (Wildman–Crippen LogP) is 4.52. The van der Waals surface area contributed by atoms with E-state index in [-0.39, 0.29) is 24.2 Å². The molecule has 1 aliphatic rings. The minimum absolute atomic E-state index is 0. The Labute approximate surface area is 149 Å². The van der Waals surface area contributed by atoms with Gasteiger partial charge in [0.1, 0.15) is 5.75 Å². The van der Waals surface area contributed by atoms with Crippen molar-refractivity contribution in [3.8, 4) is 5.75 Å². The maximum Gasteiger partial charge on any atom is 0.573 e. The third-order valence-electron chi connectivity index (χ3n) is 3.71. The van der Waals surface area contributed by atoms with Crippen LogP contribution >= 0.6 is 28.3 Å². The summed E-state index contributed by atoms with van der Waals surface area (Å²) in [5.74, 6) is -0.104. The lowest BCUT2D eigenvalue weighted by molar-refractivity contribution is -0.275. The molecule has 1 fully saturated rings. The molecule has 0 aromatic heterocycles. The van der Waals surface area contributed by atoms with Crippen LogP contribution in [-0.4, -0.2) is 37.4 Å². The van der Waals surface area contributed by atoms with E-state index in [9.17, 15) is 13.2 Å². The van der Waals surface area contributed by atoms with Gasteiger partial charge in [-0.3, -0.25) is 4.90 Å². The van der Waals surface area contributed by atoms with Crippen LogP contribution in [0.15, 0.2) is 22.7 Å². The first-order valence-corrected chi connectivity index (χ1v) is 8.20. The van der Waals surface area contributed by atoms with E-state index in [4.69, 9.17) is 0 Å². The zero-order chi connectivity index (χ0) is 16.2. The number of nitrogens with one attached hydrogen (secondary N) is 1. The van der Waals surface area contributed by atoms with Crippen molar-refractivity contribution in [3.63, 3.8) is 0 Å². The molecule has 1 saturated heterocycles. The van der Waals surface area contributed by atoms with Gasteiger partial charge in [0, 0.05) is 42.3 Å². The van der Waals surface area contributed by atoms with Gasteiger partial charge in [0.25, 0.3) is 0 Å². The van der Waals surface area contributed by atoms with Gasteiger partial charge >= 0.3 is 6.36 Å². The number of alkyl halides is 3. The van der Waals surface area contributed by atoms with Crippen molar-refractivity contribution >= 4 is 28.3 Å². The molecule has 1 heterocycles. The lowest BCUT2D eigenvalue weighted by Gasteiger charge is -2.36. The molecule has 0 spiro atoms. The highest BCUT2D eigenvalue weighted by atomic mass is 79.9. The van der Waals surface area contributed by atoms with Gasteiger partial charge in [-0.25, -0.2) is 0 Å². The smallest absolute Gasteiger partial charge is 0.405 e. The first-order valence-electron chi connectivity index (χ1n) is 7.40. The van der Waals surface area contributed by atoms with Crippen molar-refractivity contribution in [2.75, 3.05) is 26.2 Å². The third kappa shape index (κ3) is 6.14. The molecule has 8 heteroatoms. The number of hydrogen-bond donors (Lipinski definition) is 1. The van der Waals surface area contributed by atoms with Gasteiger partial charge in [0.2, 0.25) is 0 Å². The Morgan fingerprint density at radius 3 is 2.52 bits per heavy atom. The minimum atomic E-state index is -4.68. The molecule has 1 atom stereocenters. The summed E-state index contributed by atoms with van der Waals surface area (Å²) in [4.78, 5) is 2.23. The predicted molar refractivity (Wildman–Crippen MR) is 90.2 cm³/mol. The van der Waals surface area contributed by atoms with Crippen LogP contribution in [0.5, 0.6) is 5.75 Å². The average Bonchev–Trinajstić information content (AvgIpc) is 2.46. The van der Waals surface area contributed by atoms with Crippen LogP contribution in [0.1, 0.15) is 31.4 Å². The molecule has 132 valence electrons. The van der Waals surface area contributed by atoms with Gasteiger partial charge in [-0.1, -0.05) is 29.3 Å². The summed E-state index contributed by atoms with van der Waals surface area (Å²) >= 11 is 3.35. The highest BCUT2D eigenvalue weighted by Crippen LogP contribution is 2.37. The highest BCUT2D eigenvalue weighted by molar-refractivity contribution is 9.10. The maximum absolute atomic E-state index is 12.7. The Kier molecular flexibility index (Phi) is 8.13. The van der Waals surface area contributed by atoms with E-state index in [1.807, 2.05) is 6.92 Å². The maximum atomic E-state index is 12.7. The summed E-state index contributed by atoms with van der Waals surface area (Å²) in [6.07, 6.45) is -2.99. The van der Waals surface area contributed by atoms with Gasteiger partial charge in [0.15, 0.2) is 0 Å². The van der Waals surface area contributed by atoms with Crippen LogP contribution in [0.2, 0.25) is 0 Å². The zero-order valence-corrected chi connectivity index (χ0v) is 15.2. The molecule has 2 rings (SSSR count). The summed E-state index contributed by atoms with van der Waals surface area (Å²) in [5.41, 5.74) is 0.593. The molecule has 1 aromatic carbocycles. The van der Waals surface area contributed by atoms with Crippen LogP contribution in [-0.2, 0) is 0 Å². The van der Waals surface area contributed by atoms with E-state index >= 15 is 0 Å². The molecular weight excluding hydrogens is 397 g/mol. The third-order valence-corrected chi connectivity index (χ3v) is 4.20. The number of hydrogen-bond acceptors (Lipinski definition) is 3. The molecule has 1 aromatic rings. The minimum Gasteiger partial charge on any atom is -0.405 e. The molecule has 0 unspecified atom stereocenters. The van der Waals surface area contributed by atoms with Gasteiger partial charge in [-0.05, 0) is 24.6 Å². The molecule has 3 nitrogen and oxygen atoms in total. The molecule has 0 aliphatic carbocycles. The van der Waals surface area contributed by atoms with E-state index in [2.05, 4.69) is 30.9 Å². The normalized spacial score (nSPS) is 17.4. The zero-order valence-electron chi connectivity index (χ0n) is 12.8. The summed E-state index contributed by atoms with van der Waals surface area (Å²) in [6, 6.07) is 4.63. The SMILES string of the molecule is CCC[C@@H](c1cc(Br)ccc1OC(F)(F)F)N1CCNCC1.Cl. The number of halogens is 5. The molecule has 1 N–H and O–H groups in total. The number of ether oxygens (including phenoxy) is 1. The van der Waals surface area contributed by atoms with E-state index in [0.29, 0.717) is 5.56 Å². The quantitative estimate of drug-likeness (QED) is 0.762. The standard InChI is InChI=1S/C15H20BrF3N2O.ClH/c1-2-3-13(21-8-6-20-7-9-21)12-10-11(16)4-5-14(12)22-15(17,18)19;/h4-5,10,13,20H,2-3,6-9H2,1H3;1H/t13-;/m0./s1. The molecule has 1 aliphatic heterocycles. The number of nitrogens with zero attached hydrogens (tertiary/aromatic N) is 1.